The van der Waals surface area contributed by atoms with Crippen LogP contribution in [0, 0.1) is 0 Å². The van der Waals surface area contributed by atoms with Gasteiger partial charge in [0.2, 0.25) is 0 Å². The predicted octanol–water partition coefficient (Wildman–Crippen LogP) is 5.19. The normalized spacial score (nSPS) is 17.1. The molecule has 0 bridgehead atoms. The Morgan fingerprint density at radius 1 is 1.00 bits per heavy atom. The molecular weight excluding hydrogens is 426 g/mol. The maximum atomic E-state index is 13.0. The maximum absolute atomic E-state index is 13.0. The quantitative estimate of drug-likeness (QED) is 0.527. The summed E-state index contributed by atoms with van der Waals surface area (Å²) in [6.07, 6.45) is 8.38. The fourth-order valence-electron chi connectivity index (χ4n) is 5.20. The highest BCUT2D eigenvalue weighted by Crippen LogP contribution is 2.29. The average molecular weight is 460 g/mol. The number of nitrogens with zero attached hydrogens (tertiary/aromatic N) is 2. The van der Waals surface area contributed by atoms with Gasteiger partial charge in [-0.3, -0.25) is 9.69 Å². The molecule has 0 unspecified atom stereocenters. The minimum atomic E-state index is -0.205. The summed E-state index contributed by atoms with van der Waals surface area (Å²) in [6, 6.07) is 16.5. The van der Waals surface area contributed by atoms with E-state index in [1.54, 1.807) is 13.2 Å². The summed E-state index contributed by atoms with van der Waals surface area (Å²) in [4.78, 5) is 15.4. The van der Waals surface area contributed by atoms with Crippen molar-refractivity contribution in [3.63, 3.8) is 0 Å². The molecule has 6 heteroatoms. The topological polar surface area (TPSA) is 67.6 Å². The van der Waals surface area contributed by atoms with Crippen molar-refractivity contribution in [2.75, 3.05) is 26.7 Å². The highest BCUT2D eigenvalue weighted by atomic mass is 16.5. The number of methoxy groups -OCH3 is 1. The maximum Gasteiger partial charge on any atom is 0.273 e. The van der Waals surface area contributed by atoms with Crippen LogP contribution in [0.15, 0.2) is 53.1 Å². The highest BCUT2D eigenvalue weighted by molar-refractivity contribution is 5.93. The van der Waals surface area contributed by atoms with Crippen molar-refractivity contribution in [3.8, 4) is 17.1 Å². The first-order valence-electron chi connectivity index (χ1n) is 12.5. The molecular formula is C28H33N3O3. The predicted molar refractivity (Wildman–Crippen MR) is 132 cm³/mol. The molecule has 2 heterocycles. The summed E-state index contributed by atoms with van der Waals surface area (Å²) in [5, 5.41) is 7.18. The molecule has 2 aliphatic rings. The molecule has 1 aliphatic heterocycles. The number of aromatic nitrogens is 1. The second-order valence-corrected chi connectivity index (χ2v) is 9.36. The molecule has 1 saturated heterocycles. The van der Waals surface area contributed by atoms with Gasteiger partial charge in [0.25, 0.3) is 5.91 Å². The molecule has 1 N–H and O–H groups in total. The number of likely N-dealkylation sites (tertiary alicyclic amines) is 1. The molecule has 0 radical (unpaired) electrons. The van der Waals surface area contributed by atoms with Gasteiger partial charge in [0, 0.05) is 18.2 Å². The molecule has 0 spiro atoms. The van der Waals surface area contributed by atoms with E-state index in [1.165, 1.54) is 48.8 Å². The van der Waals surface area contributed by atoms with Gasteiger partial charge in [-0.2, -0.15) is 0 Å². The lowest BCUT2D eigenvalue weighted by Crippen LogP contribution is -2.40. The van der Waals surface area contributed by atoms with Crippen molar-refractivity contribution in [1.29, 1.82) is 0 Å². The number of ether oxygens (including phenoxy) is 1. The Kier molecular flexibility index (Phi) is 6.95. The Morgan fingerprint density at radius 3 is 2.53 bits per heavy atom. The molecule has 1 fully saturated rings. The van der Waals surface area contributed by atoms with E-state index >= 15 is 0 Å². The summed E-state index contributed by atoms with van der Waals surface area (Å²) in [5.41, 5.74) is 5.29. The van der Waals surface area contributed by atoms with Gasteiger partial charge in [-0.1, -0.05) is 35.8 Å². The fourth-order valence-corrected chi connectivity index (χ4v) is 5.20. The highest BCUT2D eigenvalue weighted by Gasteiger charge is 2.24. The number of rotatable bonds is 7. The van der Waals surface area contributed by atoms with Crippen LogP contribution in [-0.4, -0.2) is 42.7 Å². The second-order valence-electron chi connectivity index (χ2n) is 9.36. The Bertz CT molecular complexity index is 1120. The minimum absolute atomic E-state index is 0.113. The number of piperidine rings is 1. The Labute approximate surface area is 201 Å². The van der Waals surface area contributed by atoms with Crippen molar-refractivity contribution in [2.24, 2.45) is 0 Å². The van der Waals surface area contributed by atoms with Gasteiger partial charge in [0.1, 0.15) is 5.75 Å². The largest absolute Gasteiger partial charge is 0.497 e. The first kappa shape index (κ1) is 22.7. The molecule has 1 amide bonds. The minimum Gasteiger partial charge on any atom is -0.497 e. The molecule has 5 rings (SSSR count). The molecule has 1 aliphatic carbocycles. The number of carbonyl (C=O) groups is 1. The number of hydrogen-bond acceptors (Lipinski definition) is 5. The standard InChI is InChI=1S/C28H33N3O3/c1-33-24-13-11-21(12-14-24)26(31-15-5-2-6-16-31)19-29-28(32)25-18-27(34-30-25)23-10-9-20-7-3-4-8-22(20)17-23/h9-14,17-18,26H,2-8,15-16,19H2,1H3,(H,29,32)/t26-/m0/s1. The van der Waals surface area contributed by atoms with Gasteiger partial charge < -0.3 is 14.6 Å². The number of fused-ring (bicyclic) bond motifs is 1. The summed E-state index contributed by atoms with van der Waals surface area (Å²) < 4.78 is 10.9. The first-order chi connectivity index (χ1) is 16.7. The zero-order valence-corrected chi connectivity index (χ0v) is 19.9. The summed E-state index contributed by atoms with van der Waals surface area (Å²) in [7, 11) is 1.67. The van der Waals surface area contributed by atoms with Crippen LogP contribution < -0.4 is 10.1 Å². The molecule has 3 aromatic rings. The molecule has 6 nitrogen and oxygen atoms in total. The van der Waals surface area contributed by atoms with E-state index in [0.29, 0.717) is 18.0 Å². The summed E-state index contributed by atoms with van der Waals surface area (Å²) in [6.45, 7) is 2.60. The fraction of sp³-hybridized carbons (Fsp3) is 0.429. The van der Waals surface area contributed by atoms with E-state index < -0.39 is 0 Å². The van der Waals surface area contributed by atoms with Crippen LogP contribution in [0.3, 0.4) is 0 Å². The van der Waals surface area contributed by atoms with Crippen molar-refractivity contribution >= 4 is 5.91 Å². The number of aryl methyl sites for hydroxylation is 2. The number of benzene rings is 2. The molecule has 0 saturated carbocycles. The van der Waals surface area contributed by atoms with E-state index in [9.17, 15) is 4.79 Å². The Hall–Kier alpha value is -3.12. The van der Waals surface area contributed by atoms with Crippen molar-refractivity contribution in [1.82, 2.24) is 15.4 Å². The van der Waals surface area contributed by atoms with Crippen LogP contribution in [0.5, 0.6) is 5.75 Å². The van der Waals surface area contributed by atoms with Crippen molar-refractivity contribution in [2.45, 2.75) is 51.0 Å². The SMILES string of the molecule is COc1ccc([C@H](CNC(=O)c2cc(-c3ccc4c(c3)CCCC4)on2)N2CCCCC2)cc1. The number of hydrogen-bond donors (Lipinski definition) is 1. The smallest absolute Gasteiger partial charge is 0.273 e. The molecule has 2 aromatic carbocycles. The lowest BCUT2D eigenvalue weighted by Gasteiger charge is -2.35. The van der Waals surface area contributed by atoms with Gasteiger partial charge in [-0.15, -0.1) is 0 Å². The van der Waals surface area contributed by atoms with Crippen LogP contribution in [0.25, 0.3) is 11.3 Å². The number of amides is 1. The third-order valence-corrected chi connectivity index (χ3v) is 7.16. The zero-order chi connectivity index (χ0) is 23.3. The van der Waals surface area contributed by atoms with Gasteiger partial charge in [0.15, 0.2) is 11.5 Å². The van der Waals surface area contributed by atoms with E-state index in [2.05, 4.69) is 45.7 Å². The Balaban J connectivity index is 1.28. The number of nitrogens with one attached hydrogen (secondary N) is 1. The molecule has 34 heavy (non-hydrogen) atoms. The van der Waals surface area contributed by atoms with Crippen LogP contribution in [-0.2, 0) is 12.8 Å². The van der Waals surface area contributed by atoms with Crippen LogP contribution in [0.2, 0.25) is 0 Å². The van der Waals surface area contributed by atoms with Gasteiger partial charge >= 0.3 is 0 Å². The lowest BCUT2D eigenvalue weighted by atomic mass is 9.90. The number of carbonyl (C=O) groups excluding carboxylic acids is 1. The zero-order valence-electron chi connectivity index (χ0n) is 19.9. The van der Waals surface area contributed by atoms with Crippen LogP contribution >= 0.6 is 0 Å². The van der Waals surface area contributed by atoms with Crippen LogP contribution in [0.1, 0.15) is 65.3 Å². The van der Waals surface area contributed by atoms with E-state index in [-0.39, 0.29) is 11.9 Å². The summed E-state index contributed by atoms with van der Waals surface area (Å²) in [5.74, 6) is 1.27. The van der Waals surface area contributed by atoms with Gasteiger partial charge in [0.05, 0.1) is 13.2 Å². The van der Waals surface area contributed by atoms with E-state index in [4.69, 9.17) is 9.26 Å². The molecule has 1 aromatic heterocycles. The van der Waals surface area contributed by atoms with E-state index in [0.717, 1.165) is 37.2 Å². The lowest BCUT2D eigenvalue weighted by molar-refractivity contribution is 0.0915. The third kappa shape index (κ3) is 5.02. The van der Waals surface area contributed by atoms with Crippen molar-refractivity contribution < 1.29 is 14.1 Å². The molecule has 1 atom stereocenters. The first-order valence-corrected chi connectivity index (χ1v) is 12.5. The van der Waals surface area contributed by atoms with E-state index in [1.807, 2.05) is 12.1 Å². The molecule has 178 valence electrons. The Morgan fingerprint density at radius 2 is 1.76 bits per heavy atom. The third-order valence-electron chi connectivity index (χ3n) is 7.16. The second kappa shape index (κ2) is 10.4. The van der Waals surface area contributed by atoms with Gasteiger partial charge in [-0.25, -0.2) is 0 Å². The summed E-state index contributed by atoms with van der Waals surface area (Å²) >= 11 is 0. The van der Waals surface area contributed by atoms with Gasteiger partial charge in [-0.05, 0) is 86.5 Å². The van der Waals surface area contributed by atoms with Crippen molar-refractivity contribution in [3.05, 3.63) is 70.9 Å². The average Bonchev–Trinajstić information content (AvgIpc) is 3.40. The van der Waals surface area contributed by atoms with Crippen LogP contribution in [0.4, 0.5) is 0 Å². The monoisotopic (exact) mass is 459 g/mol.